The number of hydrogen-bond donors (Lipinski definition) is 1. The van der Waals surface area contributed by atoms with Gasteiger partial charge in [0.05, 0.1) is 13.2 Å². The van der Waals surface area contributed by atoms with Crippen LogP contribution in [0.5, 0.6) is 11.5 Å². The number of ether oxygens (including phenoxy) is 2. The minimum atomic E-state index is -0.432. The standard InChI is InChI=1S/C11H15BrO3/c1-3-9(13)7-15-10-5-4-8(12)6-11(10)14-2/h4-6,9,13H,3,7H2,1-2H3/t9-/m0/s1. The third kappa shape index (κ3) is 3.72. The smallest absolute Gasteiger partial charge is 0.161 e. The minimum Gasteiger partial charge on any atom is -0.493 e. The largest absolute Gasteiger partial charge is 0.493 e. The molecule has 0 aliphatic heterocycles. The Labute approximate surface area is 98.1 Å². The normalized spacial score (nSPS) is 12.3. The van der Waals surface area contributed by atoms with Gasteiger partial charge in [0.1, 0.15) is 6.61 Å². The van der Waals surface area contributed by atoms with Crippen molar-refractivity contribution in [2.75, 3.05) is 13.7 Å². The summed E-state index contributed by atoms with van der Waals surface area (Å²) < 4.78 is 11.5. The number of aliphatic hydroxyl groups excluding tert-OH is 1. The van der Waals surface area contributed by atoms with Crippen LogP contribution in [0.15, 0.2) is 22.7 Å². The summed E-state index contributed by atoms with van der Waals surface area (Å²) in [6, 6.07) is 5.51. The maximum Gasteiger partial charge on any atom is 0.161 e. The SMILES string of the molecule is CC[C@H](O)COc1ccc(Br)cc1OC. The minimum absolute atomic E-state index is 0.286. The number of aliphatic hydroxyl groups is 1. The molecule has 4 heteroatoms. The first kappa shape index (κ1) is 12.3. The van der Waals surface area contributed by atoms with E-state index in [0.717, 1.165) is 4.47 Å². The number of methoxy groups -OCH3 is 1. The Morgan fingerprint density at radius 2 is 2.13 bits per heavy atom. The fraction of sp³-hybridized carbons (Fsp3) is 0.455. The number of rotatable bonds is 5. The molecule has 0 aromatic heterocycles. The van der Waals surface area contributed by atoms with E-state index < -0.39 is 6.10 Å². The van der Waals surface area contributed by atoms with Crippen LogP contribution in [0, 0.1) is 0 Å². The van der Waals surface area contributed by atoms with Crippen LogP contribution in [0.2, 0.25) is 0 Å². The molecule has 0 spiro atoms. The van der Waals surface area contributed by atoms with Gasteiger partial charge < -0.3 is 14.6 Å². The molecule has 0 saturated heterocycles. The van der Waals surface area contributed by atoms with E-state index >= 15 is 0 Å². The fourth-order valence-electron chi connectivity index (χ4n) is 1.06. The van der Waals surface area contributed by atoms with Gasteiger partial charge in [0.2, 0.25) is 0 Å². The Kier molecular flexibility index (Phi) is 4.91. The van der Waals surface area contributed by atoms with Crippen molar-refractivity contribution in [1.29, 1.82) is 0 Å². The van der Waals surface area contributed by atoms with E-state index in [1.54, 1.807) is 7.11 Å². The zero-order valence-electron chi connectivity index (χ0n) is 8.87. The predicted octanol–water partition coefficient (Wildman–Crippen LogP) is 2.61. The second-order valence-corrected chi connectivity index (χ2v) is 4.08. The van der Waals surface area contributed by atoms with Crippen LogP contribution in [-0.4, -0.2) is 24.9 Å². The molecular formula is C11H15BrO3. The second-order valence-electron chi connectivity index (χ2n) is 3.17. The van der Waals surface area contributed by atoms with Crippen LogP contribution in [0.25, 0.3) is 0 Å². The van der Waals surface area contributed by atoms with Crippen molar-refractivity contribution in [1.82, 2.24) is 0 Å². The predicted molar refractivity (Wildman–Crippen MR) is 62.5 cm³/mol. The zero-order valence-corrected chi connectivity index (χ0v) is 10.5. The average Bonchev–Trinajstić information content (AvgIpc) is 2.26. The van der Waals surface area contributed by atoms with Gasteiger partial charge in [-0.05, 0) is 24.6 Å². The Morgan fingerprint density at radius 3 is 2.73 bits per heavy atom. The van der Waals surface area contributed by atoms with Gasteiger partial charge in [-0.1, -0.05) is 22.9 Å². The maximum atomic E-state index is 9.36. The molecule has 1 rings (SSSR count). The van der Waals surface area contributed by atoms with Crippen molar-refractivity contribution in [3.63, 3.8) is 0 Å². The average molecular weight is 275 g/mol. The van der Waals surface area contributed by atoms with Crippen molar-refractivity contribution in [3.8, 4) is 11.5 Å². The van der Waals surface area contributed by atoms with Crippen molar-refractivity contribution in [2.24, 2.45) is 0 Å². The summed E-state index contributed by atoms with van der Waals surface area (Å²) in [7, 11) is 1.59. The molecule has 1 atom stereocenters. The molecule has 0 heterocycles. The van der Waals surface area contributed by atoms with Gasteiger partial charge in [-0.15, -0.1) is 0 Å². The molecule has 0 fully saturated rings. The van der Waals surface area contributed by atoms with E-state index in [1.807, 2.05) is 25.1 Å². The van der Waals surface area contributed by atoms with Crippen LogP contribution in [0.4, 0.5) is 0 Å². The van der Waals surface area contributed by atoms with Crippen LogP contribution in [-0.2, 0) is 0 Å². The molecule has 84 valence electrons. The quantitative estimate of drug-likeness (QED) is 0.897. The lowest BCUT2D eigenvalue weighted by atomic mass is 10.3. The number of benzene rings is 1. The highest BCUT2D eigenvalue weighted by Crippen LogP contribution is 2.30. The molecule has 0 saturated carbocycles. The van der Waals surface area contributed by atoms with Gasteiger partial charge in [0, 0.05) is 4.47 Å². The lowest BCUT2D eigenvalue weighted by Crippen LogP contribution is -2.16. The molecule has 1 N–H and O–H groups in total. The summed E-state index contributed by atoms with van der Waals surface area (Å²) in [5, 5.41) is 9.36. The van der Waals surface area contributed by atoms with Gasteiger partial charge in [-0.25, -0.2) is 0 Å². The Morgan fingerprint density at radius 1 is 1.40 bits per heavy atom. The molecule has 3 nitrogen and oxygen atoms in total. The van der Waals surface area contributed by atoms with E-state index in [0.29, 0.717) is 17.9 Å². The number of hydrogen-bond acceptors (Lipinski definition) is 3. The topological polar surface area (TPSA) is 38.7 Å². The summed E-state index contributed by atoms with van der Waals surface area (Å²) in [6.07, 6.45) is 0.247. The Balaban J connectivity index is 2.67. The highest BCUT2D eigenvalue weighted by molar-refractivity contribution is 9.10. The molecule has 0 aliphatic rings. The fourth-order valence-corrected chi connectivity index (χ4v) is 1.40. The molecule has 0 amide bonds. The third-order valence-electron chi connectivity index (χ3n) is 2.03. The molecule has 1 aromatic carbocycles. The molecule has 0 unspecified atom stereocenters. The summed E-state index contributed by atoms with van der Waals surface area (Å²) in [4.78, 5) is 0. The first-order chi connectivity index (χ1) is 7.17. The van der Waals surface area contributed by atoms with Crippen LogP contribution in [0.3, 0.4) is 0 Å². The van der Waals surface area contributed by atoms with E-state index in [4.69, 9.17) is 9.47 Å². The van der Waals surface area contributed by atoms with Gasteiger partial charge in [0.25, 0.3) is 0 Å². The van der Waals surface area contributed by atoms with Gasteiger partial charge in [0.15, 0.2) is 11.5 Å². The van der Waals surface area contributed by atoms with Crippen LogP contribution < -0.4 is 9.47 Å². The van der Waals surface area contributed by atoms with Crippen molar-refractivity contribution >= 4 is 15.9 Å². The maximum absolute atomic E-state index is 9.36. The molecule has 0 bridgehead atoms. The van der Waals surface area contributed by atoms with Crippen LogP contribution >= 0.6 is 15.9 Å². The van der Waals surface area contributed by atoms with E-state index in [-0.39, 0.29) is 6.61 Å². The highest BCUT2D eigenvalue weighted by Gasteiger charge is 2.07. The summed E-state index contributed by atoms with van der Waals surface area (Å²) in [5.41, 5.74) is 0. The molecule has 15 heavy (non-hydrogen) atoms. The monoisotopic (exact) mass is 274 g/mol. The first-order valence-corrected chi connectivity index (χ1v) is 5.61. The molecule has 0 aliphatic carbocycles. The van der Waals surface area contributed by atoms with Crippen LogP contribution in [0.1, 0.15) is 13.3 Å². The van der Waals surface area contributed by atoms with Gasteiger partial charge in [-0.3, -0.25) is 0 Å². The van der Waals surface area contributed by atoms with E-state index in [9.17, 15) is 5.11 Å². The number of halogens is 1. The summed E-state index contributed by atoms with van der Waals surface area (Å²) >= 11 is 3.35. The van der Waals surface area contributed by atoms with Gasteiger partial charge >= 0.3 is 0 Å². The second kappa shape index (κ2) is 5.98. The summed E-state index contributed by atoms with van der Waals surface area (Å²) in [5.74, 6) is 1.31. The zero-order chi connectivity index (χ0) is 11.3. The van der Waals surface area contributed by atoms with Crippen molar-refractivity contribution in [3.05, 3.63) is 22.7 Å². The molecule has 0 radical (unpaired) electrons. The summed E-state index contributed by atoms with van der Waals surface area (Å²) in [6.45, 7) is 2.20. The van der Waals surface area contributed by atoms with Crippen molar-refractivity contribution < 1.29 is 14.6 Å². The third-order valence-corrected chi connectivity index (χ3v) is 2.52. The highest BCUT2D eigenvalue weighted by atomic mass is 79.9. The lowest BCUT2D eigenvalue weighted by molar-refractivity contribution is 0.102. The van der Waals surface area contributed by atoms with Gasteiger partial charge in [-0.2, -0.15) is 0 Å². The van der Waals surface area contributed by atoms with E-state index in [2.05, 4.69) is 15.9 Å². The Hall–Kier alpha value is -0.740. The first-order valence-electron chi connectivity index (χ1n) is 4.81. The molecule has 1 aromatic rings. The lowest BCUT2D eigenvalue weighted by Gasteiger charge is -2.13. The van der Waals surface area contributed by atoms with E-state index in [1.165, 1.54) is 0 Å². The Bertz CT molecular complexity index is 315. The molecular weight excluding hydrogens is 260 g/mol. The van der Waals surface area contributed by atoms with Crippen molar-refractivity contribution in [2.45, 2.75) is 19.4 Å².